The van der Waals surface area contributed by atoms with Crippen LogP contribution in [0, 0.1) is 0 Å². The van der Waals surface area contributed by atoms with Crippen molar-refractivity contribution >= 4 is 34.3 Å². The third-order valence-corrected chi connectivity index (χ3v) is 3.53. The zero-order valence-electron chi connectivity index (χ0n) is 16.0. The van der Waals surface area contributed by atoms with E-state index in [1.165, 1.54) is 42.5 Å². The lowest BCUT2D eigenvalue weighted by atomic mass is 10.1. The van der Waals surface area contributed by atoms with Gasteiger partial charge in [0.25, 0.3) is 0 Å². The molecule has 2 rings (SSSR count). The maximum atomic E-state index is 10.5. The highest BCUT2D eigenvalue weighted by Gasteiger charge is 2.13. The second kappa shape index (κ2) is 13.5. The molecular formula is C18H18O13S. The molecule has 32 heavy (non-hydrogen) atoms. The summed E-state index contributed by atoms with van der Waals surface area (Å²) in [5, 5.41) is 42.0. The zero-order valence-corrected chi connectivity index (χ0v) is 16.8. The van der Waals surface area contributed by atoms with Crippen molar-refractivity contribution in [2.45, 2.75) is 0 Å². The Bertz CT molecular complexity index is 998. The van der Waals surface area contributed by atoms with Crippen molar-refractivity contribution in [1.82, 2.24) is 0 Å². The Balaban J connectivity index is 0.000000462. The SMILES string of the molecule is O=C(O)c1cccc(C(=O)O)c1.O=C(O)c1ccccc1C(=O)O.O=S(=O)(O)OCCO. The molecule has 0 aromatic heterocycles. The number of hydrogen-bond acceptors (Lipinski definition) is 8. The molecule has 0 fully saturated rings. The summed E-state index contributed by atoms with van der Waals surface area (Å²) in [7, 11) is -4.35. The van der Waals surface area contributed by atoms with Crippen molar-refractivity contribution in [3.05, 3.63) is 70.8 Å². The molecule has 0 spiro atoms. The summed E-state index contributed by atoms with van der Waals surface area (Å²) in [6.45, 7) is -0.835. The van der Waals surface area contributed by atoms with E-state index in [9.17, 15) is 27.6 Å². The monoisotopic (exact) mass is 474 g/mol. The van der Waals surface area contributed by atoms with Crippen LogP contribution in [-0.2, 0) is 14.6 Å². The average Bonchev–Trinajstić information content (AvgIpc) is 2.72. The first kappa shape index (κ1) is 28.1. The number of hydrogen-bond donors (Lipinski definition) is 6. The molecule has 2 aromatic carbocycles. The van der Waals surface area contributed by atoms with Gasteiger partial charge in [-0.05, 0) is 30.3 Å². The number of aliphatic hydroxyl groups excluding tert-OH is 1. The van der Waals surface area contributed by atoms with Crippen LogP contribution in [-0.4, -0.2) is 75.6 Å². The first-order chi connectivity index (χ1) is 14.8. The summed E-state index contributed by atoms with van der Waals surface area (Å²) < 4.78 is 30.7. The molecule has 0 aliphatic carbocycles. The molecule has 0 aliphatic rings. The van der Waals surface area contributed by atoms with Crippen molar-refractivity contribution in [1.29, 1.82) is 0 Å². The van der Waals surface area contributed by atoms with Gasteiger partial charge in [0.05, 0.1) is 35.5 Å². The number of carbonyl (C=O) groups is 4. The van der Waals surface area contributed by atoms with Gasteiger partial charge in [-0.3, -0.25) is 4.55 Å². The highest BCUT2D eigenvalue weighted by atomic mass is 32.3. The van der Waals surface area contributed by atoms with Crippen LogP contribution < -0.4 is 0 Å². The molecule has 0 amide bonds. The largest absolute Gasteiger partial charge is 0.478 e. The van der Waals surface area contributed by atoms with Gasteiger partial charge >= 0.3 is 34.3 Å². The van der Waals surface area contributed by atoms with Crippen LogP contribution in [0.15, 0.2) is 48.5 Å². The molecule has 14 heteroatoms. The van der Waals surface area contributed by atoms with Gasteiger partial charge in [-0.15, -0.1) is 0 Å². The van der Waals surface area contributed by atoms with Crippen molar-refractivity contribution in [3.63, 3.8) is 0 Å². The summed E-state index contributed by atoms with van der Waals surface area (Å²) >= 11 is 0. The van der Waals surface area contributed by atoms with E-state index < -0.39 is 47.5 Å². The van der Waals surface area contributed by atoms with Gasteiger partial charge in [0, 0.05) is 0 Å². The number of aliphatic hydroxyl groups is 1. The van der Waals surface area contributed by atoms with Crippen LogP contribution in [0.5, 0.6) is 0 Å². The normalized spacial score (nSPS) is 9.94. The minimum absolute atomic E-state index is 0.0186. The molecule has 13 nitrogen and oxygen atoms in total. The fourth-order valence-electron chi connectivity index (χ4n) is 1.78. The van der Waals surface area contributed by atoms with Crippen molar-refractivity contribution in [3.8, 4) is 0 Å². The van der Waals surface area contributed by atoms with Crippen molar-refractivity contribution in [2.75, 3.05) is 13.2 Å². The molecule has 2 aromatic rings. The van der Waals surface area contributed by atoms with E-state index in [1.807, 2.05) is 0 Å². The maximum Gasteiger partial charge on any atom is 0.397 e. The third kappa shape index (κ3) is 11.4. The molecule has 0 unspecified atom stereocenters. The molecule has 0 radical (unpaired) electrons. The second-order valence-corrected chi connectivity index (χ2v) is 6.41. The van der Waals surface area contributed by atoms with Gasteiger partial charge in [-0.1, -0.05) is 18.2 Å². The summed E-state index contributed by atoms with van der Waals surface area (Å²) in [6.07, 6.45) is 0. The van der Waals surface area contributed by atoms with Crippen LogP contribution in [0.3, 0.4) is 0 Å². The molecule has 0 atom stereocenters. The van der Waals surface area contributed by atoms with Gasteiger partial charge in [0.15, 0.2) is 0 Å². The van der Waals surface area contributed by atoms with E-state index in [-0.39, 0.29) is 22.3 Å². The van der Waals surface area contributed by atoms with E-state index in [0.29, 0.717) is 0 Å². The Labute approximate surface area is 180 Å². The Hall–Kier alpha value is -3.85. The summed E-state index contributed by atoms with van der Waals surface area (Å²) in [6, 6.07) is 10.7. The van der Waals surface area contributed by atoms with Gasteiger partial charge in [0.2, 0.25) is 0 Å². The minimum atomic E-state index is -4.35. The van der Waals surface area contributed by atoms with E-state index in [2.05, 4.69) is 4.18 Å². The van der Waals surface area contributed by atoms with Crippen LogP contribution in [0.1, 0.15) is 41.4 Å². The quantitative estimate of drug-likeness (QED) is 0.307. The highest BCUT2D eigenvalue weighted by Crippen LogP contribution is 2.08. The number of rotatable bonds is 7. The predicted molar refractivity (Wildman–Crippen MR) is 105 cm³/mol. The lowest BCUT2D eigenvalue weighted by Crippen LogP contribution is -2.06. The third-order valence-electron chi connectivity index (χ3n) is 3.07. The topological polar surface area (TPSA) is 233 Å². The zero-order chi connectivity index (χ0) is 24.9. The van der Waals surface area contributed by atoms with Crippen LogP contribution in [0.2, 0.25) is 0 Å². The van der Waals surface area contributed by atoms with E-state index in [0.717, 1.165) is 6.07 Å². The maximum absolute atomic E-state index is 10.5. The van der Waals surface area contributed by atoms with Crippen LogP contribution in [0.4, 0.5) is 0 Å². The lowest BCUT2D eigenvalue weighted by molar-refractivity contribution is 0.0651. The van der Waals surface area contributed by atoms with Crippen molar-refractivity contribution < 1.29 is 61.9 Å². The van der Waals surface area contributed by atoms with Crippen LogP contribution >= 0.6 is 0 Å². The molecule has 6 N–H and O–H groups in total. The molecular weight excluding hydrogens is 456 g/mol. The van der Waals surface area contributed by atoms with Gasteiger partial charge in [0.1, 0.15) is 0 Å². The van der Waals surface area contributed by atoms with Crippen LogP contribution in [0.25, 0.3) is 0 Å². The second-order valence-electron chi connectivity index (χ2n) is 5.32. The first-order valence-electron chi connectivity index (χ1n) is 8.15. The lowest BCUT2D eigenvalue weighted by Gasteiger charge is -1.98. The molecule has 0 saturated carbocycles. The predicted octanol–water partition coefficient (Wildman–Crippen LogP) is 0.964. The van der Waals surface area contributed by atoms with E-state index >= 15 is 0 Å². The highest BCUT2D eigenvalue weighted by molar-refractivity contribution is 7.80. The number of carboxylic acid groups (broad SMARTS) is 4. The Morgan fingerprint density at radius 3 is 1.38 bits per heavy atom. The summed E-state index contributed by atoms with van der Waals surface area (Å²) in [4.78, 5) is 41.7. The molecule has 174 valence electrons. The van der Waals surface area contributed by atoms with Crippen molar-refractivity contribution in [2.24, 2.45) is 0 Å². The van der Waals surface area contributed by atoms with Gasteiger partial charge in [-0.25, -0.2) is 23.4 Å². The average molecular weight is 474 g/mol. The summed E-state index contributed by atoms with van der Waals surface area (Å²) in [5.74, 6) is -4.71. The van der Waals surface area contributed by atoms with Gasteiger partial charge in [-0.2, -0.15) is 8.42 Å². The molecule has 0 saturated heterocycles. The smallest absolute Gasteiger partial charge is 0.397 e. The number of benzene rings is 2. The Morgan fingerprint density at radius 2 is 1.12 bits per heavy atom. The molecule has 0 heterocycles. The number of carboxylic acids is 4. The molecule has 0 bridgehead atoms. The molecule has 0 aliphatic heterocycles. The van der Waals surface area contributed by atoms with E-state index in [4.69, 9.17) is 30.1 Å². The first-order valence-corrected chi connectivity index (χ1v) is 9.51. The van der Waals surface area contributed by atoms with E-state index in [1.54, 1.807) is 0 Å². The minimum Gasteiger partial charge on any atom is -0.478 e. The van der Waals surface area contributed by atoms with Gasteiger partial charge < -0.3 is 25.5 Å². The Kier molecular flexibility index (Phi) is 11.8. The standard InChI is InChI=1S/2C8H6O4.C2H6O5S/c9-7(10)5-2-1-3-6(4-5)8(11)12;9-7(10)5-3-1-2-4-6(5)8(11)12;3-1-2-7-8(4,5)6/h2*1-4H,(H,9,10)(H,11,12);3H,1-2H2,(H,4,5,6). The fourth-order valence-corrected chi connectivity index (χ4v) is 2.07. The summed E-state index contributed by atoms with van der Waals surface area (Å²) in [5.41, 5.74) is -0.417. The Morgan fingerprint density at radius 1 is 0.719 bits per heavy atom. The fraction of sp³-hybridized carbons (Fsp3) is 0.111. The number of aromatic carboxylic acids is 4.